The van der Waals surface area contributed by atoms with E-state index in [1.807, 2.05) is 30.0 Å². The smallest absolute Gasteiger partial charge is 0.0991 e. The molecule has 0 saturated carbocycles. The van der Waals surface area contributed by atoms with E-state index in [0.29, 0.717) is 10.6 Å². The van der Waals surface area contributed by atoms with Crippen LogP contribution in [0.4, 0.5) is 0 Å². The van der Waals surface area contributed by atoms with Crippen LogP contribution < -0.4 is 0 Å². The molecule has 0 unspecified atom stereocenters. The van der Waals surface area contributed by atoms with Crippen molar-refractivity contribution >= 4 is 36.0 Å². The first-order chi connectivity index (χ1) is 27.1. The Hall–Kier alpha value is -1.59. The molecular weight excluding hydrogens is 728 g/mol. The summed E-state index contributed by atoms with van der Waals surface area (Å²) in [5.74, 6) is 2.27. The van der Waals surface area contributed by atoms with Crippen LogP contribution in [0.3, 0.4) is 0 Å². The highest BCUT2D eigenvalue weighted by molar-refractivity contribution is 7.99. The molecule has 312 valence electrons. The lowest BCUT2D eigenvalue weighted by atomic mass is 10.0. The number of thioether (sulfide) groups is 1. The summed E-state index contributed by atoms with van der Waals surface area (Å²) in [6, 6.07) is 18.9. The number of rotatable bonds is 34. The summed E-state index contributed by atoms with van der Waals surface area (Å²) in [6.45, 7) is 4.58. The van der Waals surface area contributed by atoms with Gasteiger partial charge in [-0.2, -0.15) is 23.2 Å². The van der Waals surface area contributed by atoms with Gasteiger partial charge in [-0.05, 0) is 72.9 Å². The third-order valence-electron chi connectivity index (χ3n) is 10.2. The molecule has 0 aliphatic carbocycles. The fourth-order valence-electron chi connectivity index (χ4n) is 6.65. The second-order valence-electron chi connectivity index (χ2n) is 15.4. The first kappa shape index (κ1) is 53.4. The van der Waals surface area contributed by atoms with Gasteiger partial charge in [-0.1, -0.05) is 218 Å². The Labute approximate surface area is 357 Å². The molecule has 2 aromatic rings. The molecule has 0 heterocycles. The summed E-state index contributed by atoms with van der Waals surface area (Å²) >= 11 is 11.7. The quantitative estimate of drug-likeness (QED) is 0.0435. The number of halogens is 1. The number of benzene rings is 2. The Kier molecular flexibility index (Phi) is 43.8. The molecule has 0 atom stereocenters. The van der Waals surface area contributed by atoms with Crippen LogP contribution in [0.5, 0.6) is 0 Å². The van der Waals surface area contributed by atoms with Gasteiger partial charge in [-0.3, -0.25) is 0 Å². The molecule has 0 N–H and O–H groups in total. The van der Waals surface area contributed by atoms with Crippen molar-refractivity contribution in [3.05, 3.63) is 64.7 Å². The van der Waals surface area contributed by atoms with Crippen LogP contribution in [0.25, 0.3) is 0 Å². The Morgan fingerprint density at radius 1 is 0.418 bits per heavy atom. The van der Waals surface area contributed by atoms with Crippen molar-refractivity contribution in [3.63, 3.8) is 0 Å². The van der Waals surface area contributed by atoms with Gasteiger partial charge in [0.25, 0.3) is 0 Å². The third kappa shape index (κ3) is 40.4. The van der Waals surface area contributed by atoms with Gasteiger partial charge < -0.3 is 0 Å². The minimum Gasteiger partial charge on any atom is -0.192 e. The molecule has 55 heavy (non-hydrogen) atoms. The van der Waals surface area contributed by atoms with Crippen molar-refractivity contribution in [2.75, 3.05) is 11.5 Å². The maximum Gasteiger partial charge on any atom is 0.0991 e. The summed E-state index contributed by atoms with van der Waals surface area (Å²) in [6.07, 6.45) is 45.9. The summed E-state index contributed by atoms with van der Waals surface area (Å²) in [5.41, 5.74) is 1.39. The fourth-order valence-corrected chi connectivity index (χ4v) is 7.91. The van der Waals surface area contributed by atoms with E-state index in [1.54, 1.807) is 24.3 Å². The minimum absolute atomic E-state index is 0.638. The molecule has 0 fully saturated rings. The van der Waals surface area contributed by atoms with Crippen molar-refractivity contribution in [2.24, 2.45) is 0 Å². The highest BCUT2D eigenvalue weighted by Crippen LogP contribution is 2.21. The lowest BCUT2D eigenvalue weighted by molar-refractivity contribution is 0.531. The van der Waals surface area contributed by atoms with Gasteiger partial charge in [0, 0.05) is 9.92 Å². The first-order valence-corrected chi connectivity index (χ1v) is 25.0. The standard InChI is InChI=1S/C25H41NS.C18H38S.C7H4ClN/c1-2-3-4-5-6-7-8-9-10-11-12-13-14-15-16-17-22-27-25-20-18-24(23-26)19-21-25;1-2-3-4-5-6-7-8-9-10-11-12-13-14-15-16-17-18-19;8-7-3-1-6(5-9)2-4-7/h18-21H,2-17,22H2,1H3;19H,2-18H2,1H3;1-4H. The van der Waals surface area contributed by atoms with E-state index in [1.165, 1.54) is 216 Å². The predicted molar refractivity (Wildman–Crippen MR) is 251 cm³/mol. The average Bonchev–Trinajstić information content (AvgIpc) is 3.21. The van der Waals surface area contributed by atoms with Gasteiger partial charge >= 0.3 is 0 Å². The number of nitrogens with zero attached hydrogens (tertiary/aromatic N) is 2. The molecule has 0 saturated heterocycles. The highest BCUT2D eigenvalue weighted by atomic mass is 35.5. The predicted octanol–water partition coefficient (Wildman–Crippen LogP) is 18.3. The molecule has 0 spiro atoms. The number of unbranched alkanes of at least 4 members (excludes halogenated alkanes) is 30. The zero-order chi connectivity index (χ0) is 40.1. The van der Waals surface area contributed by atoms with Gasteiger partial charge in [0.2, 0.25) is 0 Å². The van der Waals surface area contributed by atoms with Gasteiger partial charge in [0.1, 0.15) is 0 Å². The number of nitriles is 2. The minimum atomic E-state index is 0.638. The first-order valence-electron chi connectivity index (χ1n) is 23.0. The van der Waals surface area contributed by atoms with Gasteiger partial charge in [0.15, 0.2) is 0 Å². The van der Waals surface area contributed by atoms with Crippen molar-refractivity contribution < 1.29 is 0 Å². The molecule has 0 radical (unpaired) electrons. The van der Waals surface area contributed by atoms with Crippen LogP contribution in [0.15, 0.2) is 53.4 Å². The Bertz CT molecular complexity index is 1110. The molecular formula is C50H83ClN2S2. The van der Waals surface area contributed by atoms with Crippen molar-refractivity contribution in [1.82, 2.24) is 0 Å². The second kappa shape index (κ2) is 45.1. The van der Waals surface area contributed by atoms with Crippen LogP contribution in [-0.4, -0.2) is 11.5 Å². The molecule has 0 aliphatic heterocycles. The lowest BCUT2D eigenvalue weighted by Crippen LogP contribution is -1.85. The van der Waals surface area contributed by atoms with Gasteiger partial charge in [-0.15, -0.1) is 11.8 Å². The Morgan fingerprint density at radius 3 is 0.982 bits per heavy atom. The fraction of sp³-hybridized carbons (Fsp3) is 0.720. The molecule has 5 heteroatoms. The van der Waals surface area contributed by atoms with Crippen LogP contribution >= 0.6 is 36.0 Å². The Balaban J connectivity index is 0.000000896. The average molecular weight is 812 g/mol. The molecule has 0 aliphatic rings. The molecule has 2 aromatic carbocycles. The molecule has 2 rings (SSSR count). The van der Waals surface area contributed by atoms with E-state index in [0.717, 1.165) is 11.3 Å². The third-order valence-corrected chi connectivity index (χ3v) is 11.9. The van der Waals surface area contributed by atoms with E-state index >= 15 is 0 Å². The molecule has 2 nitrogen and oxygen atoms in total. The van der Waals surface area contributed by atoms with Crippen molar-refractivity contribution in [3.8, 4) is 12.1 Å². The molecule has 0 aromatic heterocycles. The van der Waals surface area contributed by atoms with Crippen molar-refractivity contribution in [1.29, 1.82) is 10.5 Å². The summed E-state index contributed by atoms with van der Waals surface area (Å²) < 4.78 is 0. The monoisotopic (exact) mass is 811 g/mol. The molecule has 0 bridgehead atoms. The van der Waals surface area contributed by atoms with Crippen LogP contribution in [0.2, 0.25) is 5.02 Å². The number of hydrogen-bond acceptors (Lipinski definition) is 4. The molecule has 0 amide bonds. The van der Waals surface area contributed by atoms with Gasteiger partial charge in [0.05, 0.1) is 23.3 Å². The summed E-state index contributed by atoms with van der Waals surface area (Å²) in [5, 5.41) is 17.8. The highest BCUT2D eigenvalue weighted by Gasteiger charge is 1.98. The van der Waals surface area contributed by atoms with E-state index < -0.39 is 0 Å². The topological polar surface area (TPSA) is 47.6 Å². The zero-order valence-corrected chi connectivity index (χ0v) is 38.3. The second-order valence-corrected chi connectivity index (χ2v) is 17.5. The number of hydrogen-bond donors (Lipinski definition) is 1. The number of thiol groups is 1. The van der Waals surface area contributed by atoms with E-state index in [4.69, 9.17) is 22.1 Å². The normalized spacial score (nSPS) is 10.5. The van der Waals surface area contributed by atoms with E-state index in [-0.39, 0.29) is 0 Å². The summed E-state index contributed by atoms with van der Waals surface area (Å²) in [4.78, 5) is 1.29. The van der Waals surface area contributed by atoms with Crippen LogP contribution in [0.1, 0.15) is 230 Å². The van der Waals surface area contributed by atoms with Crippen molar-refractivity contribution in [2.45, 2.75) is 224 Å². The van der Waals surface area contributed by atoms with E-state index in [2.05, 4.69) is 44.7 Å². The maximum atomic E-state index is 8.80. The lowest BCUT2D eigenvalue weighted by Gasteiger charge is -2.04. The zero-order valence-electron chi connectivity index (χ0n) is 35.8. The largest absolute Gasteiger partial charge is 0.192 e. The SMILES string of the molecule is CCCCCCCCCCCCCCCCCCS.CCCCCCCCCCCCCCCCCCSc1ccc(C#N)cc1.N#Cc1ccc(Cl)cc1. The Morgan fingerprint density at radius 2 is 0.691 bits per heavy atom. The van der Waals surface area contributed by atoms with E-state index in [9.17, 15) is 0 Å². The van der Waals surface area contributed by atoms with Crippen LogP contribution in [0, 0.1) is 22.7 Å². The van der Waals surface area contributed by atoms with Crippen LogP contribution in [-0.2, 0) is 0 Å². The maximum absolute atomic E-state index is 8.80. The van der Waals surface area contributed by atoms with Gasteiger partial charge in [-0.25, -0.2) is 0 Å². The summed E-state index contributed by atoms with van der Waals surface area (Å²) in [7, 11) is 0.